The van der Waals surface area contributed by atoms with Crippen LogP contribution in [0, 0.1) is 12.2 Å². The van der Waals surface area contributed by atoms with Gasteiger partial charge in [0.1, 0.15) is 0 Å². The Morgan fingerprint density at radius 2 is 1.05 bits per heavy atom. The fourth-order valence-electron chi connectivity index (χ4n) is 1.80. The van der Waals surface area contributed by atoms with E-state index in [1.807, 2.05) is 24.3 Å². The first kappa shape index (κ1) is 20.7. The van der Waals surface area contributed by atoms with Crippen LogP contribution in [0.5, 0.6) is 0 Å². The fourth-order valence-corrected chi connectivity index (χ4v) is 4.03. The van der Waals surface area contributed by atoms with Crippen LogP contribution in [-0.2, 0) is 25.8 Å². The molecular formula is C18H26HfSi2. The van der Waals surface area contributed by atoms with Crippen molar-refractivity contribution in [1.29, 1.82) is 0 Å². The van der Waals surface area contributed by atoms with E-state index in [-0.39, 0.29) is 25.8 Å². The summed E-state index contributed by atoms with van der Waals surface area (Å²) in [5, 5.41) is 0. The molecule has 0 bridgehead atoms. The fraction of sp³-hybridized carbons (Fsp3) is 0.333. The van der Waals surface area contributed by atoms with E-state index < -0.39 is 16.1 Å². The summed E-state index contributed by atoms with van der Waals surface area (Å²) in [5.74, 6) is 0. The van der Waals surface area contributed by atoms with E-state index in [4.69, 9.17) is 0 Å². The molecule has 0 aromatic heterocycles. The maximum absolute atomic E-state index is 3.17. The van der Waals surface area contributed by atoms with Crippen molar-refractivity contribution in [3.05, 3.63) is 71.2 Å². The van der Waals surface area contributed by atoms with E-state index in [2.05, 4.69) is 75.0 Å². The van der Waals surface area contributed by atoms with Gasteiger partial charge in [-0.2, -0.15) is 59.0 Å². The molecule has 2 rings (SSSR count). The van der Waals surface area contributed by atoms with E-state index in [1.165, 1.54) is 11.1 Å². The summed E-state index contributed by atoms with van der Waals surface area (Å²) in [7, 11) is -2.04. The van der Waals surface area contributed by atoms with Crippen LogP contribution in [0.4, 0.5) is 0 Å². The molecule has 0 aromatic rings. The van der Waals surface area contributed by atoms with Gasteiger partial charge in [-0.05, 0) is 0 Å². The molecule has 2 aliphatic carbocycles. The first-order valence-electron chi connectivity index (χ1n) is 7.14. The van der Waals surface area contributed by atoms with Gasteiger partial charge in [0.2, 0.25) is 0 Å². The Balaban J connectivity index is 0.000000364. The van der Waals surface area contributed by atoms with Crippen molar-refractivity contribution in [1.82, 2.24) is 0 Å². The summed E-state index contributed by atoms with van der Waals surface area (Å²) >= 11 is 0. The van der Waals surface area contributed by atoms with Gasteiger partial charge >= 0.3 is 25.8 Å². The Morgan fingerprint density at radius 1 is 0.714 bits per heavy atom. The minimum atomic E-state index is -1.02. The minimum absolute atomic E-state index is 0. The quantitative estimate of drug-likeness (QED) is 0.368. The Hall–Kier alpha value is -0.256. The zero-order valence-electron chi connectivity index (χ0n) is 14.1. The van der Waals surface area contributed by atoms with Crippen molar-refractivity contribution in [2.45, 2.75) is 39.3 Å². The van der Waals surface area contributed by atoms with Gasteiger partial charge in [0, 0.05) is 16.1 Å². The molecule has 0 fully saturated rings. The molecule has 0 nitrogen and oxygen atoms in total. The van der Waals surface area contributed by atoms with Crippen molar-refractivity contribution in [3.63, 3.8) is 0 Å². The minimum Gasteiger partial charge on any atom is -0.178 e. The van der Waals surface area contributed by atoms with Gasteiger partial charge in [0.05, 0.1) is 0 Å². The average Bonchev–Trinajstić information content (AvgIpc) is 2.87. The third kappa shape index (κ3) is 11.0. The number of rotatable bonds is 2. The van der Waals surface area contributed by atoms with Crippen LogP contribution < -0.4 is 0 Å². The maximum Gasteiger partial charge on any atom is 2.00 e. The van der Waals surface area contributed by atoms with Crippen LogP contribution in [-0.4, -0.2) is 16.1 Å². The molecule has 0 spiro atoms. The van der Waals surface area contributed by atoms with Crippen molar-refractivity contribution in [3.8, 4) is 0 Å². The first-order chi connectivity index (χ1) is 9.16. The van der Waals surface area contributed by atoms with Gasteiger partial charge in [0.25, 0.3) is 0 Å². The normalized spacial score (nSPS) is 19.9. The van der Waals surface area contributed by atoms with Crippen LogP contribution >= 0.6 is 0 Å². The molecule has 0 saturated heterocycles. The summed E-state index contributed by atoms with van der Waals surface area (Å²) in [6.45, 7) is 14.0. The third-order valence-corrected chi connectivity index (χ3v) is 4.78. The summed E-state index contributed by atoms with van der Waals surface area (Å²) in [5.41, 5.74) is 7.23. The molecule has 0 atom stereocenters. The molecule has 0 N–H and O–H groups in total. The molecule has 0 amide bonds. The predicted molar refractivity (Wildman–Crippen MR) is 96.8 cm³/mol. The van der Waals surface area contributed by atoms with E-state index in [1.54, 1.807) is 0 Å². The second kappa shape index (κ2) is 9.01. The zero-order valence-corrected chi connectivity index (χ0v) is 19.7. The largest absolute Gasteiger partial charge is 2.00 e. The van der Waals surface area contributed by atoms with Crippen LogP contribution in [0.25, 0.3) is 0 Å². The second-order valence-electron chi connectivity index (χ2n) is 7.27. The number of allylic oxidation sites excluding steroid dienone is 10. The molecule has 21 heavy (non-hydrogen) atoms. The molecule has 0 saturated carbocycles. The van der Waals surface area contributed by atoms with Gasteiger partial charge in [0.15, 0.2) is 0 Å². The first-order valence-corrected chi connectivity index (χ1v) is 14.3. The molecule has 0 unspecified atom stereocenters. The van der Waals surface area contributed by atoms with Crippen molar-refractivity contribution < 1.29 is 25.8 Å². The van der Waals surface area contributed by atoms with E-state index in [0.29, 0.717) is 0 Å². The Labute approximate surface area is 151 Å². The van der Waals surface area contributed by atoms with E-state index in [0.717, 1.165) is 0 Å². The maximum atomic E-state index is 3.17. The standard InChI is InChI=1S/2C9H13Si.Hf/c2*1-10(2,3)8-9-6-4-5-7-9;/h2*4-6,8H,1-3H3;/q2*-1;+2. The molecule has 0 radical (unpaired) electrons. The van der Waals surface area contributed by atoms with E-state index >= 15 is 0 Å². The van der Waals surface area contributed by atoms with Crippen LogP contribution in [0.2, 0.25) is 39.3 Å². The van der Waals surface area contributed by atoms with Crippen LogP contribution in [0.15, 0.2) is 59.0 Å². The molecule has 3 heteroatoms. The Morgan fingerprint density at radius 3 is 1.24 bits per heavy atom. The van der Waals surface area contributed by atoms with Crippen molar-refractivity contribution in [2.24, 2.45) is 0 Å². The zero-order chi connectivity index (χ0) is 15.2. The number of hydrogen-bond donors (Lipinski definition) is 0. The second-order valence-corrected chi connectivity index (χ2v) is 17.3. The number of hydrogen-bond acceptors (Lipinski definition) is 0. The Kier molecular flexibility index (Phi) is 8.90. The van der Waals surface area contributed by atoms with Crippen LogP contribution in [0.1, 0.15) is 0 Å². The molecule has 2 aliphatic rings. The predicted octanol–water partition coefficient (Wildman–Crippen LogP) is 5.44. The van der Waals surface area contributed by atoms with Gasteiger partial charge < -0.3 is 0 Å². The topological polar surface area (TPSA) is 0 Å². The molecular weight excluding hydrogens is 451 g/mol. The molecule has 0 heterocycles. The molecule has 0 aliphatic heterocycles. The third-order valence-electron chi connectivity index (χ3n) is 2.42. The smallest absolute Gasteiger partial charge is 0.178 e. The van der Waals surface area contributed by atoms with Crippen molar-refractivity contribution >= 4 is 16.1 Å². The van der Waals surface area contributed by atoms with E-state index in [9.17, 15) is 0 Å². The SMILES string of the molecule is C[Si](C)(C)C=C1[C-]=CC=C1.C[Si](C)(C)C=C1[C-]=CC=C1.[Hf+2]. The Bertz CT molecular complexity index is 428. The van der Waals surface area contributed by atoms with Gasteiger partial charge in [-0.15, -0.1) is 12.2 Å². The summed E-state index contributed by atoms with van der Waals surface area (Å²) in [6, 6.07) is 0. The van der Waals surface area contributed by atoms with Crippen LogP contribution in [0.3, 0.4) is 0 Å². The van der Waals surface area contributed by atoms with Gasteiger partial charge in [-0.1, -0.05) is 39.3 Å². The van der Waals surface area contributed by atoms with Gasteiger partial charge in [-0.3, -0.25) is 0 Å². The summed E-state index contributed by atoms with van der Waals surface area (Å²) < 4.78 is 0. The average molecular weight is 477 g/mol. The molecule has 0 aromatic carbocycles. The van der Waals surface area contributed by atoms with Crippen molar-refractivity contribution in [2.75, 3.05) is 0 Å². The molecule has 110 valence electrons. The van der Waals surface area contributed by atoms with Gasteiger partial charge in [-0.25, -0.2) is 0 Å². The summed E-state index contributed by atoms with van der Waals surface area (Å²) in [4.78, 5) is 0. The monoisotopic (exact) mass is 478 g/mol. The summed E-state index contributed by atoms with van der Waals surface area (Å²) in [6.07, 6.45) is 18.6.